The highest BCUT2D eigenvalue weighted by Gasteiger charge is 2.28. The molecule has 23 heavy (non-hydrogen) atoms. The molecule has 1 saturated heterocycles. The van der Waals surface area contributed by atoms with Crippen molar-refractivity contribution in [2.45, 2.75) is 51.5 Å². The van der Waals surface area contributed by atoms with Crippen molar-refractivity contribution in [2.24, 2.45) is 11.7 Å². The molecule has 1 atom stereocenters. The van der Waals surface area contributed by atoms with Gasteiger partial charge in [-0.15, -0.1) is 0 Å². The summed E-state index contributed by atoms with van der Waals surface area (Å²) in [6.45, 7) is 3.79. The van der Waals surface area contributed by atoms with Gasteiger partial charge in [-0.05, 0) is 25.7 Å². The normalized spacial score (nSPS) is 20.9. The molecular weight excluding hydrogens is 296 g/mol. The van der Waals surface area contributed by atoms with Gasteiger partial charge in [0.05, 0.1) is 0 Å². The Balaban J connectivity index is 1.75. The number of hydrogen-bond donors (Lipinski definition) is 2. The van der Waals surface area contributed by atoms with Crippen molar-refractivity contribution in [3.05, 3.63) is 0 Å². The van der Waals surface area contributed by atoms with Crippen LogP contribution in [0.1, 0.15) is 45.4 Å². The van der Waals surface area contributed by atoms with Crippen molar-refractivity contribution in [3.63, 3.8) is 0 Å². The quantitative estimate of drug-likeness (QED) is 0.796. The molecule has 0 aromatic heterocycles. The van der Waals surface area contributed by atoms with E-state index in [2.05, 4.69) is 5.32 Å². The van der Waals surface area contributed by atoms with E-state index in [-0.39, 0.29) is 11.8 Å². The van der Waals surface area contributed by atoms with Gasteiger partial charge in [0.1, 0.15) is 6.04 Å². The maximum Gasteiger partial charge on any atom is 0.312 e. The lowest BCUT2D eigenvalue weighted by atomic mass is 9.86. The van der Waals surface area contributed by atoms with E-state index in [0.717, 1.165) is 0 Å². The Labute approximate surface area is 137 Å². The third kappa shape index (κ3) is 5.11. The van der Waals surface area contributed by atoms with Crippen molar-refractivity contribution in [1.29, 1.82) is 0 Å². The van der Waals surface area contributed by atoms with E-state index in [1.54, 1.807) is 11.8 Å². The number of amides is 4. The number of carbonyl (C=O) groups is 3. The Hall–Kier alpha value is -1.79. The van der Waals surface area contributed by atoms with E-state index >= 15 is 0 Å². The lowest BCUT2D eigenvalue weighted by Gasteiger charge is -2.36. The van der Waals surface area contributed by atoms with E-state index in [0.29, 0.717) is 38.5 Å². The first-order valence-electron chi connectivity index (χ1n) is 8.60. The average Bonchev–Trinajstić information content (AvgIpc) is 2.54. The molecule has 2 rings (SSSR count). The molecule has 7 nitrogen and oxygen atoms in total. The summed E-state index contributed by atoms with van der Waals surface area (Å²) in [6.07, 6.45) is 6.76. The van der Waals surface area contributed by atoms with Crippen molar-refractivity contribution in [2.75, 3.05) is 26.2 Å². The van der Waals surface area contributed by atoms with Crippen LogP contribution in [0.3, 0.4) is 0 Å². The second-order valence-corrected chi connectivity index (χ2v) is 6.64. The third-order valence-electron chi connectivity index (χ3n) is 4.86. The first-order valence-corrected chi connectivity index (χ1v) is 8.60. The highest BCUT2D eigenvalue weighted by molar-refractivity contribution is 5.86. The Bertz CT molecular complexity index is 441. The monoisotopic (exact) mass is 324 g/mol. The summed E-state index contributed by atoms with van der Waals surface area (Å²) in [6, 6.07) is -1.33. The second kappa shape index (κ2) is 8.17. The van der Waals surface area contributed by atoms with Crippen LogP contribution in [-0.2, 0) is 9.59 Å². The van der Waals surface area contributed by atoms with Crippen LogP contribution >= 0.6 is 0 Å². The Morgan fingerprint density at radius 1 is 1.04 bits per heavy atom. The van der Waals surface area contributed by atoms with Crippen LogP contribution in [0.5, 0.6) is 0 Å². The molecule has 0 radical (unpaired) electrons. The minimum atomic E-state index is -0.702. The maximum absolute atomic E-state index is 12.4. The predicted molar refractivity (Wildman–Crippen MR) is 86.5 cm³/mol. The predicted octanol–water partition coefficient (Wildman–Crippen LogP) is 0.684. The molecule has 0 aromatic carbocycles. The minimum absolute atomic E-state index is 0.150. The zero-order valence-corrected chi connectivity index (χ0v) is 13.9. The number of urea groups is 1. The Morgan fingerprint density at radius 2 is 1.61 bits per heavy atom. The van der Waals surface area contributed by atoms with Gasteiger partial charge >= 0.3 is 6.03 Å². The van der Waals surface area contributed by atoms with E-state index in [1.807, 2.05) is 4.90 Å². The summed E-state index contributed by atoms with van der Waals surface area (Å²) in [5.41, 5.74) is 5.04. The smallest absolute Gasteiger partial charge is 0.312 e. The fourth-order valence-electron chi connectivity index (χ4n) is 3.49. The summed E-state index contributed by atoms with van der Waals surface area (Å²) in [4.78, 5) is 38.9. The third-order valence-corrected chi connectivity index (χ3v) is 4.86. The van der Waals surface area contributed by atoms with Gasteiger partial charge in [0.15, 0.2) is 0 Å². The number of rotatable bonds is 4. The Morgan fingerprint density at radius 3 is 2.17 bits per heavy atom. The van der Waals surface area contributed by atoms with Gasteiger partial charge < -0.3 is 20.9 Å². The molecule has 2 fully saturated rings. The Kier molecular flexibility index (Phi) is 6.24. The van der Waals surface area contributed by atoms with E-state index in [1.165, 1.54) is 32.1 Å². The van der Waals surface area contributed by atoms with Crippen molar-refractivity contribution < 1.29 is 14.4 Å². The molecule has 4 amide bonds. The van der Waals surface area contributed by atoms with Crippen LogP contribution < -0.4 is 11.1 Å². The molecule has 1 saturated carbocycles. The summed E-state index contributed by atoms with van der Waals surface area (Å²) in [7, 11) is 0. The fraction of sp³-hybridized carbons (Fsp3) is 0.812. The highest BCUT2D eigenvalue weighted by Crippen LogP contribution is 2.27. The molecule has 0 spiro atoms. The minimum Gasteiger partial charge on any atom is -0.352 e. The largest absolute Gasteiger partial charge is 0.352 e. The van der Waals surface area contributed by atoms with Crippen LogP contribution in [0.15, 0.2) is 0 Å². The number of nitrogens with one attached hydrogen (secondary N) is 1. The molecule has 1 aliphatic carbocycles. The summed E-state index contributed by atoms with van der Waals surface area (Å²) in [5.74, 6) is 0.603. The van der Waals surface area contributed by atoms with Crippen LogP contribution in [0.25, 0.3) is 0 Å². The molecule has 3 N–H and O–H groups in total. The van der Waals surface area contributed by atoms with Gasteiger partial charge in [0, 0.05) is 32.6 Å². The van der Waals surface area contributed by atoms with Gasteiger partial charge in [0.25, 0.3) is 0 Å². The standard InChI is InChI=1S/C16H28N4O3/c1-12(18-16(17)23)15(22)20-9-7-19(8-10-20)14(21)11-13-5-3-2-4-6-13/h12-13H,2-11H2,1H3,(H3,17,18,23)/t12-/m1/s1. The van der Waals surface area contributed by atoms with E-state index in [9.17, 15) is 14.4 Å². The van der Waals surface area contributed by atoms with Gasteiger partial charge in [-0.3, -0.25) is 9.59 Å². The number of primary amides is 1. The number of nitrogens with two attached hydrogens (primary N) is 1. The van der Waals surface area contributed by atoms with Crippen molar-refractivity contribution in [1.82, 2.24) is 15.1 Å². The number of hydrogen-bond acceptors (Lipinski definition) is 3. The molecule has 7 heteroatoms. The van der Waals surface area contributed by atoms with Gasteiger partial charge in [0.2, 0.25) is 11.8 Å². The summed E-state index contributed by atoms with van der Waals surface area (Å²) < 4.78 is 0. The van der Waals surface area contributed by atoms with Gasteiger partial charge in [-0.2, -0.15) is 0 Å². The average molecular weight is 324 g/mol. The van der Waals surface area contributed by atoms with Crippen molar-refractivity contribution in [3.8, 4) is 0 Å². The van der Waals surface area contributed by atoms with E-state index < -0.39 is 12.1 Å². The SMILES string of the molecule is C[C@@H](NC(N)=O)C(=O)N1CCN(C(=O)CC2CCCCC2)CC1. The van der Waals surface area contributed by atoms with Crippen LogP contribution in [0.2, 0.25) is 0 Å². The molecular formula is C16H28N4O3. The van der Waals surface area contributed by atoms with Gasteiger partial charge in [-0.25, -0.2) is 4.79 Å². The zero-order valence-electron chi connectivity index (χ0n) is 13.9. The first-order chi connectivity index (χ1) is 11.0. The lowest BCUT2D eigenvalue weighted by molar-refractivity contribution is -0.141. The first kappa shape index (κ1) is 17.6. The highest BCUT2D eigenvalue weighted by atomic mass is 16.2. The number of nitrogens with zero attached hydrogens (tertiary/aromatic N) is 2. The molecule has 2 aliphatic rings. The van der Waals surface area contributed by atoms with Crippen LogP contribution in [-0.4, -0.2) is 59.9 Å². The number of carbonyl (C=O) groups excluding carboxylic acids is 3. The number of piperazine rings is 1. The molecule has 130 valence electrons. The molecule has 1 heterocycles. The molecule has 0 aromatic rings. The van der Waals surface area contributed by atoms with E-state index in [4.69, 9.17) is 5.73 Å². The summed E-state index contributed by atoms with van der Waals surface area (Å²) in [5, 5.41) is 2.40. The van der Waals surface area contributed by atoms with Crippen LogP contribution in [0.4, 0.5) is 4.79 Å². The molecule has 0 unspecified atom stereocenters. The summed E-state index contributed by atoms with van der Waals surface area (Å²) >= 11 is 0. The second-order valence-electron chi connectivity index (χ2n) is 6.64. The van der Waals surface area contributed by atoms with Crippen LogP contribution in [0, 0.1) is 5.92 Å². The molecule has 1 aliphatic heterocycles. The zero-order chi connectivity index (χ0) is 16.8. The van der Waals surface area contributed by atoms with Gasteiger partial charge in [-0.1, -0.05) is 19.3 Å². The molecule has 0 bridgehead atoms. The lowest BCUT2D eigenvalue weighted by Crippen LogP contribution is -2.55. The van der Waals surface area contributed by atoms with Crippen molar-refractivity contribution >= 4 is 17.8 Å². The maximum atomic E-state index is 12.4. The fourth-order valence-corrected chi connectivity index (χ4v) is 3.49. The topological polar surface area (TPSA) is 95.7 Å².